The third-order valence-corrected chi connectivity index (χ3v) is 10.5. The highest BCUT2D eigenvalue weighted by molar-refractivity contribution is 7.88. The van der Waals surface area contributed by atoms with Gasteiger partial charge in [-0.3, -0.25) is 4.21 Å². The van der Waals surface area contributed by atoms with Crippen LogP contribution in [0.4, 0.5) is 0 Å². The first-order valence-corrected chi connectivity index (χ1v) is 13.7. The van der Waals surface area contributed by atoms with Gasteiger partial charge in [0, 0.05) is 22.9 Å². The van der Waals surface area contributed by atoms with Gasteiger partial charge in [0.2, 0.25) is 0 Å². The van der Waals surface area contributed by atoms with Crippen molar-refractivity contribution in [3.05, 3.63) is 72.8 Å². The fourth-order valence-corrected chi connectivity index (χ4v) is 8.54. The zero-order valence-corrected chi connectivity index (χ0v) is 20.5. The second-order valence-corrected chi connectivity index (χ2v) is 13.8. The third kappa shape index (κ3) is 3.89. The van der Waals surface area contributed by atoms with E-state index in [-0.39, 0.29) is 4.75 Å². The van der Waals surface area contributed by atoms with Crippen molar-refractivity contribution in [1.82, 2.24) is 0 Å². The lowest BCUT2D eigenvalue weighted by Crippen LogP contribution is -2.36. The molecule has 0 aromatic heterocycles. The van der Waals surface area contributed by atoms with Gasteiger partial charge in [0.15, 0.2) is 11.5 Å². The molecular formula is C27H29O3PS. The molecule has 3 aromatic rings. The largest absolute Gasteiger partial charge is 0.448 e. The molecule has 0 N–H and O–H groups in total. The summed E-state index contributed by atoms with van der Waals surface area (Å²) in [5.41, 5.74) is 0. The third-order valence-electron chi connectivity index (χ3n) is 6.02. The molecular weight excluding hydrogens is 435 g/mol. The van der Waals surface area contributed by atoms with Gasteiger partial charge in [0.1, 0.15) is 0 Å². The molecule has 0 saturated heterocycles. The summed E-state index contributed by atoms with van der Waals surface area (Å²) in [6, 6.07) is 25.0. The summed E-state index contributed by atoms with van der Waals surface area (Å²) in [5.74, 6) is 1.02. The highest BCUT2D eigenvalue weighted by Gasteiger charge is 2.47. The summed E-state index contributed by atoms with van der Waals surface area (Å²) in [4.78, 5) is 0.855. The van der Waals surface area contributed by atoms with Crippen LogP contribution in [0.25, 0.3) is 0 Å². The van der Waals surface area contributed by atoms with E-state index >= 15 is 0 Å². The van der Waals surface area contributed by atoms with Gasteiger partial charge in [-0.15, -0.1) is 0 Å². The van der Waals surface area contributed by atoms with E-state index in [4.69, 9.17) is 9.47 Å². The molecule has 1 aliphatic heterocycles. The molecule has 3 nitrogen and oxygen atoms in total. The Morgan fingerprint density at radius 3 is 1.91 bits per heavy atom. The van der Waals surface area contributed by atoms with Crippen molar-refractivity contribution in [3.63, 3.8) is 0 Å². The highest BCUT2D eigenvalue weighted by atomic mass is 32.2. The molecule has 0 bridgehead atoms. The van der Waals surface area contributed by atoms with Crippen LogP contribution in [-0.2, 0) is 10.8 Å². The van der Waals surface area contributed by atoms with Gasteiger partial charge < -0.3 is 9.47 Å². The van der Waals surface area contributed by atoms with Gasteiger partial charge in [-0.05, 0) is 64.3 Å². The summed E-state index contributed by atoms with van der Waals surface area (Å²) < 4.78 is 26.5. The maximum absolute atomic E-state index is 13.8. The van der Waals surface area contributed by atoms with Crippen LogP contribution < -0.4 is 25.4 Å². The monoisotopic (exact) mass is 464 g/mol. The molecule has 1 heterocycles. The Balaban J connectivity index is 1.77. The van der Waals surface area contributed by atoms with Crippen LogP contribution in [0.3, 0.4) is 0 Å². The molecule has 166 valence electrons. The van der Waals surface area contributed by atoms with Crippen LogP contribution in [0.2, 0.25) is 0 Å². The Kier molecular flexibility index (Phi) is 5.63. The predicted molar refractivity (Wildman–Crippen MR) is 134 cm³/mol. The zero-order chi connectivity index (χ0) is 22.3. The standard InChI is InChI=1S/C27H29O3PS/c1-26(2,3)32(28)23-17-16-22-24(30-27(29-22)18-10-11-19-27)25(23)31(20-12-6-4-7-13-20)21-14-8-5-9-15-21/h4-9,12-17H,10-11,18-19H2,1-3H3/t32-/m0/s1. The maximum Gasteiger partial charge on any atom is 0.251 e. The van der Waals surface area contributed by atoms with Crippen molar-refractivity contribution < 1.29 is 13.7 Å². The second kappa shape index (κ2) is 8.32. The van der Waals surface area contributed by atoms with Crippen LogP contribution in [0.15, 0.2) is 77.7 Å². The maximum atomic E-state index is 13.8. The molecule has 5 rings (SSSR count). The summed E-state index contributed by atoms with van der Waals surface area (Å²) in [7, 11) is -2.18. The Bertz CT molecular complexity index is 1090. The van der Waals surface area contributed by atoms with E-state index in [0.29, 0.717) is 0 Å². The minimum absolute atomic E-state index is 0.387. The van der Waals surface area contributed by atoms with Crippen molar-refractivity contribution >= 4 is 34.6 Å². The molecule has 1 saturated carbocycles. The lowest BCUT2D eigenvalue weighted by atomic mass is 10.2. The van der Waals surface area contributed by atoms with Crippen molar-refractivity contribution in [2.45, 2.75) is 61.9 Å². The first-order valence-electron chi connectivity index (χ1n) is 11.3. The van der Waals surface area contributed by atoms with Crippen LogP contribution in [0.5, 0.6) is 11.5 Å². The van der Waals surface area contributed by atoms with Crippen LogP contribution in [0.1, 0.15) is 46.5 Å². The Morgan fingerprint density at radius 2 is 1.38 bits per heavy atom. The van der Waals surface area contributed by atoms with Crippen LogP contribution in [0, 0.1) is 0 Å². The summed E-state index contributed by atoms with van der Waals surface area (Å²) in [5, 5.41) is 3.46. The van der Waals surface area contributed by atoms with E-state index in [0.717, 1.165) is 47.4 Å². The van der Waals surface area contributed by atoms with Gasteiger partial charge >= 0.3 is 0 Å². The van der Waals surface area contributed by atoms with Gasteiger partial charge in [-0.2, -0.15) is 0 Å². The SMILES string of the molecule is CC(C)(C)[S@@](=O)c1ccc2c(c1P(c1ccccc1)c1ccccc1)OC1(CCCC1)O2. The van der Waals surface area contributed by atoms with E-state index in [1.54, 1.807) is 0 Å². The average molecular weight is 465 g/mol. The van der Waals surface area contributed by atoms with Crippen LogP contribution in [-0.4, -0.2) is 14.7 Å². The fraction of sp³-hybridized carbons (Fsp3) is 0.333. The number of hydrogen-bond acceptors (Lipinski definition) is 3. The first-order chi connectivity index (χ1) is 15.4. The smallest absolute Gasteiger partial charge is 0.251 e. The number of benzene rings is 3. The first kappa shape index (κ1) is 21.7. The predicted octanol–water partition coefficient (Wildman–Crippen LogP) is 5.39. The molecule has 0 unspecified atom stereocenters. The highest BCUT2D eigenvalue weighted by Crippen LogP contribution is 2.51. The van der Waals surface area contributed by atoms with Gasteiger partial charge in [-0.25, -0.2) is 0 Å². The van der Waals surface area contributed by atoms with E-state index in [9.17, 15) is 4.21 Å². The summed E-state index contributed by atoms with van der Waals surface area (Å²) in [6.45, 7) is 6.09. The fourth-order valence-electron chi connectivity index (χ4n) is 4.49. The van der Waals surface area contributed by atoms with Crippen molar-refractivity contribution in [3.8, 4) is 11.5 Å². The topological polar surface area (TPSA) is 35.5 Å². The quantitative estimate of drug-likeness (QED) is 0.486. The van der Waals surface area contributed by atoms with E-state index < -0.39 is 24.5 Å². The van der Waals surface area contributed by atoms with Crippen molar-refractivity contribution in [2.75, 3.05) is 0 Å². The lowest BCUT2D eigenvalue weighted by molar-refractivity contribution is -0.0712. The molecule has 32 heavy (non-hydrogen) atoms. The number of hydrogen-bond donors (Lipinski definition) is 0. The molecule has 1 aliphatic carbocycles. The number of fused-ring (bicyclic) bond motifs is 1. The Labute approximate surface area is 194 Å². The second-order valence-electron chi connectivity index (χ2n) is 9.45. The lowest BCUT2D eigenvalue weighted by Gasteiger charge is -2.27. The molecule has 1 fully saturated rings. The minimum Gasteiger partial charge on any atom is -0.448 e. The summed E-state index contributed by atoms with van der Waals surface area (Å²) in [6.07, 6.45) is 4.01. The number of rotatable bonds is 4. The van der Waals surface area contributed by atoms with E-state index in [1.807, 2.05) is 45.0 Å². The summed E-state index contributed by atoms with van der Waals surface area (Å²) >= 11 is 0. The molecule has 0 radical (unpaired) electrons. The Morgan fingerprint density at radius 1 is 0.812 bits per heavy atom. The zero-order valence-electron chi connectivity index (χ0n) is 18.8. The van der Waals surface area contributed by atoms with Gasteiger partial charge in [0.05, 0.1) is 15.7 Å². The van der Waals surface area contributed by atoms with Crippen molar-refractivity contribution in [1.29, 1.82) is 0 Å². The molecule has 3 aromatic carbocycles. The molecule has 5 heteroatoms. The normalized spacial score (nSPS) is 17.8. The molecule has 1 atom stereocenters. The van der Waals surface area contributed by atoms with Crippen molar-refractivity contribution in [2.24, 2.45) is 0 Å². The molecule has 2 aliphatic rings. The Hall–Kier alpha value is -2.16. The minimum atomic E-state index is -1.21. The molecule has 0 amide bonds. The van der Waals surface area contributed by atoms with E-state index in [1.165, 1.54) is 10.6 Å². The van der Waals surface area contributed by atoms with E-state index in [2.05, 4.69) is 48.5 Å². The van der Waals surface area contributed by atoms with Gasteiger partial charge in [-0.1, -0.05) is 60.7 Å². The average Bonchev–Trinajstić information content (AvgIpc) is 3.40. The number of ether oxygens (including phenoxy) is 2. The van der Waals surface area contributed by atoms with Crippen LogP contribution >= 0.6 is 7.92 Å². The van der Waals surface area contributed by atoms with Gasteiger partial charge in [0.25, 0.3) is 5.79 Å². The molecule has 1 spiro atoms.